The summed E-state index contributed by atoms with van der Waals surface area (Å²) in [4.78, 5) is 7.42. The molecule has 1 aromatic carbocycles. The summed E-state index contributed by atoms with van der Waals surface area (Å²) < 4.78 is 0. The largest absolute Gasteiger partial charge is 0.357 e. The molecule has 4 nitrogen and oxygen atoms in total. The van der Waals surface area contributed by atoms with Gasteiger partial charge in [0.05, 0.1) is 6.54 Å². The van der Waals surface area contributed by atoms with Crippen molar-refractivity contribution in [2.75, 3.05) is 26.2 Å². The molecule has 0 unspecified atom stereocenters. The van der Waals surface area contributed by atoms with Gasteiger partial charge in [0.2, 0.25) is 0 Å². The highest BCUT2D eigenvalue weighted by molar-refractivity contribution is 5.79. The summed E-state index contributed by atoms with van der Waals surface area (Å²) in [7, 11) is 0. The third-order valence-electron chi connectivity index (χ3n) is 5.40. The summed E-state index contributed by atoms with van der Waals surface area (Å²) in [6.45, 7) is 10.7. The van der Waals surface area contributed by atoms with Crippen LogP contribution in [0.25, 0.3) is 0 Å². The predicted molar refractivity (Wildman–Crippen MR) is 106 cm³/mol. The van der Waals surface area contributed by atoms with Crippen LogP contribution in [0.2, 0.25) is 0 Å². The van der Waals surface area contributed by atoms with E-state index >= 15 is 0 Å². The molecule has 2 aliphatic rings. The highest BCUT2D eigenvalue weighted by Crippen LogP contribution is 2.27. The molecule has 0 spiro atoms. The predicted octanol–water partition coefficient (Wildman–Crippen LogP) is 3.38. The number of nitrogens with one attached hydrogen (secondary N) is 2. The maximum atomic E-state index is 4.83. The molecule has 1 saturated heterocycles. The quantitative estimate of drug-likeness (QED) is 0.589. The molecule has 25 heavy (non-hydrogen) atoms. The van der Waals surface area contributed by atoms with E-state index in [1.807, 2.05) is 0 Å². The van der Waals surface area contributed by atoms with Gasteiger partial charge in [0, 0.05) is 19.6 Å². The normalized spacial score (nSPS) is 19.8. The van der Waals surface area contributed by atoms with E-state index in [2.05, 4.69) is 53.6 Å². The lowest BCUT2D eigenvalue weighted by Crippen LogP contribution is -2.38. The summed E-state index contributed by atoms with van der Waals surface area (Å²) in [5, 5.41) is 6.86. The van der Waals surface area contributed by atoms with Gasteiger partial charge < -0.3 is 10.6 Å². The first-order valence-electron chi connectivity index (χ1n) is 10.1. The number of benzene rings is 1. The maximum absolute atomic E-state index is 4.83. The minimum Gasteiger partial charge on any atom is -0.357 e. The molecule has 0 bridgehead atoms. The van der Waals surface area contributed by atoms with Gasteiger partial charge in [-0.05, 0) is 68.7 Å². The number of hydrogen-bond acceptors (Lipinski definition) is 2. The van der Waals surface area contributed by atoms with Crippen molar-refractivity contribution >= 4 is 5.96 Å². The second-order valence-corrected chi connectivity index (χ2v) is 7.75. The zero-order valence-electron chi connectivity index (χ0n) is 15.9. The van der Waals surface area contributed by atoms with Crippen LogP contribution in [-0.2, 0) is 13.1 Å². The van der Waals surface area contributed by atoms with Gasteiger partial charge in [-0.15, -0.1) is 0 Å². The number of guanidine groups is 1. The lowest BCUT2D eigenvalue weighted by Gasteiger charge is -2.30. The zero-order valence-corrected chi connectivity index (χ0v) is 15.9. The topological polar surface area (TPSA) is 39.7 Å². The average molecular weight is 343 g/mol. The van der Waals surface area contributed by atoms with Gasteiger partial charge in [-0.3, -0.25) is 4.90 Å². The van der Waals surface area contributed by atoms with Crippen LogP contribution >= 0.6 is 0 Å². The first-order valence-corrected chi connectivity index (χ1v) is 10.1. The van der Waals surface area contributed by atoms with E-state index in [9.17, 15) is 0 Å². The van der Waals surface area contributed by atoms with Crippen molar-refractivity contribution in [1.29, 1.82) is 0 Å². The number of likely N-dealkylation sites (tertiary alicyclic amines) is 1. The summed E-state index contributed by atoms with van der Waals surface area (Å²) in [6.07, 6.45) is 5.39. The van der Waals surface area contributed by atoms with Gasteiger partial charge in [0.1, 0.15) is 0 Å². The molecular formula is C21H34N4. The Labute approximate surface area is 153 Å². The molecule has 0 aromatic heterocycles. The third-order valence-corrected chi connectivity index (χ3v) is 5.40. The second kappa shape index (κ2) is 9.23. The van der Waals surface area contributed by atoms with E-state index in [1.54, 1.807) is 0 Å². The highest BCUT2D eigenvalue weighted by atomic mass is 15.2. The fraction of sp³-hybridized carbons (Fsp3) is 0.667. The summed E-state index contributed by atoms with van der Waals surface area (Å²) in [5.41, 5.74) is 2.78. The minimum absolute atomic E-state index is 0.750. The van der Waals surface area contributed by atoms with Gasteiger partial charge in [-0.2, -0.15) is 0 Å². The van der Waals surface area contributed by atoms with Gasteiger partial charge in [-0.25, -0.2) is 4.99 Å². The molecule has 2 N–H and O–H groups in total. The first-order chi connectivity index (χ1) is 12.2. The van der Waals surface area contributed by atoms with Crippen molar-refractivity contribution in [3.05, 3.63) is 35.4 Å². The Morgan fingerprint density at radius 2 is 1.80 bits per heavy atom. The number of hydrogen-bond donors (Lipinski definition) is 2. The van der Waals surface area contributed by atoms with Crippen LogP contribution in [-0.4, -0.2) is 37.0 Å². The molecule has 1 saturated carbocycles. The van der Waals surface area contributed by atoms with Gasteiger partial charge in [0.25, 0.3) is 0 Å². The van der Waals surface area contributed by atoms with Gasteiger partial charge in [0.15, 0.2) is 5.96 Å². The van der Waals surface area contributed by atoms with Crippen LogP contribution in [0.1, 0.15) is 50.7 Å². The summed E-state index contributed by atoms with van der Waals surface area (Å²) in [6, 6.07) is 8.80. The van der Waals surface area contributed by atoms with Crippen LogP contribution in [0.15, 0.2) is 29.3 Å². The molecule has 0 atom stereocenters. The minimum atomic E-state index is 0.750. The fourth-order valence-corrected chi connectivity index (χ4v) is 3.40. The van der Waals surface area contributed by atoms with Gasteiger partial charge in [-0.1, -0.05) is 31.2 Å². The van der Waals surface area contributed by atoms with E-state index < -0.39 is 0 Å². The molecule has 138 valence electrons. The van der Waals surface area contributed by atoms with Crippen LogP contribution in [0, 0.1) is 11.8 Å². The molecule has 0 amide bonds. The molecule has 2 fully saturated rings. The molecule has 1 aromatic rings. The molecule has 3 rings (SSSR count). The first kappa shape index (κ1) is 18.2. The van der Waals surface area contributed by atoms with E-state index in [0.717, 1.165) is 44.0 Å². The smallest absolute Gasteiger partial charge is 0.191 e. The van der Waals surface area contributed by atoms with Crippen molar-refractivity contribution in [1.82, 2.24) is 15.5 Å². The Hall–Kier alpha value is -1.55. The molecule has 1 aliphatic heterocycles. The standard InChI is InChI=1S/C21H34N4/c1-3-22-21(23-14-18-8-9-18)24-15-19-6-4-5-7-20(19)16-25-12-10-17(2)11-13-25/h4-7,17-18H,3,8-16H2,1-2H3,(H2,22,23,24). The van der Waals surface area contributed by atoms with Crippen molar-refractivity contribution in [2.45, 2.75) is 52.6 Å². The monoisotopic (exact) mass is 342 g/mol. The Kier molecular flexibility index (Phi) is 6.74. The van der Waals surface area contributed by atoms with Crippen LogP contribution in [0.3, 0.4) is 0 Å². The Morgan fingerprint density at radius 1 is 1.08 bits per heavy atom. The van der Waals surface area contributed by atoms with E-state index in [4.69, 9.17) is 4.99 Å². The second-order valence-electron chi connectivity index (χ2n) is 7.75. The Morgan fingerprint density at radius 3 is 2.48 bits per heavy atom. The van der Waals surface area contributed by atoms with Crippen molar-refractivity contribution in [3.63, 3.8) is 0 Å². The number of rotatable bonds is 7. The van der Waals surface area contributed by atoms with E-state index in [-0.39, 0.29) is 0 Å². The Balaban J connectivity index is 1.59. The van der Waals surface area contributed by atoms with Crippen LogP contribution in [0.5, 0.6) is 0 Å². The maximum Gasteiger partial charge on any atom is 0.191 e. The van der Waals surface area contributed by atoms with Gasteiger partial charge >= 0.3 is 0 Å². The SMILES string of the molecule is CCNC(=NCc1ccccc1CN1CCC(C)CC1)NCC1CC1. The summed E-state index contributed by atoms with van der Waals surface area (Å²) in [5.74, 6) is 2.70. The highest BCUT2D eigenvalue weighted by Gasteiger charge is 2.21. The third kappa shape index (κ3) is 6.03. The average Bonchev–Trinajstić information content (AvgIpc) is 3.45. The zero-order chi connectivity index (χ0) is 17.5. The van der Waals surface area contributed by atoms with Crippen LogP contribution < -0.4 is 10.6 Å². The summed E-state index contributed by atoms with van der Waals surface area (Å²) >= 11 is 0. The van der Waals surface area contributed by atoms with Crippen LogP contribution in [0.4, 0.5) is 0 Å². The molecule has 1 aliphatic carbocycles. The molecule has 4 heteroatoms. The van der Waals surface area contributed by atoms with E-state index in [1.165, 1.54) is 49.9 Å². The molecule has 1 heterocycles. The van der Waals surface area contributed by atoms with E-state index in [0.29, 0.717) is 0 Å². The lowest BCUT2D eigenvalue weighted by molar-refractivity contribution is 0.185. The lowest BCUT2D eigenvalue weighted by atomic mass is 9.98. The van der Waals surface area contributed by atoms with Crippen molar-refractivity contribution in [3.8, 4) is 0 Å². The number of aliphatic imine (C=N–C) groups is 1. The number of nitrogens with zero attached hydrogens (tertiary/aromatic N) is 2. The van der Waals surface area contributed by atoms with Crippen molar-refractivity contribution < 1.29 is 0 Å². The van der Waals surface area contributed by atoms with Crippen molar-refractivity contribution in [2.24, 2.45) is 16.8 Å². The molecular weight excluding hydrogens is 308 g/mol. The number of piperidine rings is 1. The molecule has 0 radical (unpaired) electrons. The fourth-order valence-electron chi connectivity index (χ4n) is 3.40. The Bertz CT molecular complexity index is 557.